The van der Waals surface area contributed by atoms with Crippen molar-refractivity contribution in [1.29, 1.82) is 0 Å². The molecule has 0 aliphatic carbocycles. The van der Waals surface area contributed by atoms with Crippen molar-refractivity contribution in [3.8, 4) is 17.4 Å². The summed E-state index contributed by atoms with van der Waals surface area (Å²) in [7, 11) is 0. The van der Waals surface area contributed by atoms with Gasteiger partial charge in [0.05, 0.1) is 6.54 Å². The van der Waals surface area contributed by atoms with Crippen LogP contribution in [-0.2, 0) is 11.2 Å². The number of likely N-dealkylation sites (tertiary alicyclic amines) is 1. The van der Waals surface area contributed by atoms with E-state index < -0.39 is 0 Å². The second kappa shape index (κ2) is 7.34. The summed E-state index contributed by atoms with van der Waals surface area (Å²) in [5, 5.41) is 0. The van der Waals surface area contributed by atoms with Gasteiger partial charge in [0, 0.05) is 37.2 Å². The summed E-state index contributed by atoms with van der Waals surface area (Å²) >= 11 is 0. The average molecular weight is 382 g/mol. The van der Waals surface area contributed by atoms with E-state index in [4.69, 9.17) is 14.2 Å². The van der Waals surface area contributed by atoms with Crippen molar-refractivity contribution in [2.45, 2.75) is 45.3 Å². The highest BCUT2D eigenvalue weighted by Crippen LogP contribution is 2.41. The fraction of sp³-hybridized carbons (Fsp3) is 0.455. The van der Waals surface area contributed by atoms with Gasteiger partial charge in [-0.05, 0) is 32.4 Å². The number of pyridine rings is 1. The molecule has 148 valence electrons. The molecule has 1 saturated heterocycles. The number of hydrogen-bond acceptors (Lipinski definition) is 5. The van der Waals surface area contributed by atoms with E-state index in [1.807, 2.05) is 37.3 Å². The van der Waals surface area contributed by atoms with Crippen molar-refractivity contribution >= 4 is 5.91 Å². The molecule has 0 bridgehead atoms. The number of fused-ring (bicyclic) bond motifs is 1. The molecule has 1 aromatic carbocycles. The van der Waals surface area contributed by atoms with Crippen LogP contribution in [-0.4, -0.2) is 47.2 Å². The van der Waals surface area contributed by atoms with Crippen LogP contribution in [0.5, 0.6) is 17.4 Å². The number of aryl methyl sites for hydroxylation is 1. The summed E-state index contributed by atoms with van der Waals surface area (Å²) in [6, 6.07) is 9.67. The van der Waals surface area contributed by atoms with Crippen molar-refractivity contribution in [3.63, 3.8) is 0 Å². The van der Waals surface area contributed by atoms with Gasteiger partial charge >= 0.3 is 0 Å². The number of benzene rings is 1. The smallest absolute Gasteiger partial charge is 0.260 e. The maximum absolute atomic E-state index is 12.6. The standard InChI is InChI=1S/C22H26N2O4/c1-15-7-8-19(23-12-15)27-17-9-10-24(13-17)20(25)14-26-18-6-4-5-16-11-22(2,3)28-21(16)18/h4-8,12,17H,9-11,13-14H2,1-3H3. The zero-order chi connectivity index (χ0) is 19.7. The Kier molecular flexibility index (Phi) is 4.87. The summed E-state index contributed by atoms with van der Waals surface area (Å²) in [6.07, 6.45) is 3.37. The largest absolute Gasteiger partial charge is 0.483 e. The molecule has 2 aliphatic rings. The molecule has 1 unspecified atom stereocenters. The molecule has 4 rings (SSSR count). The monoisotopic (exact) mass is 382 g/mol. The van der Waals surface area contributed by atoms with Gasteiger partial charge in [-0.25, -0.2) is 4.98 Å². The van der Waals surface area contributed by atoms with E-state index in [-0.39, 0.29) is 24.2 Å². The van der Waals surface area contributed by atoms with Crippen LogP contribution in [0.1, 0.15) is 31.4 Å². The van der Waals surface area contributed by atoms with Crippen molar-refractivity contribution in [1.82, 2.24) is 9.88 Å². The maximum Gasteiger partial charge on any atom is 0.260 e. The van der Waals surface area contributed by atoms with E-state index in [2.05, 4.69) is 18.8 Å². The summed E-state index contributed by atoms with van der Waals surface area (Å²) in [4.78, 5) is 18.6. The summed E-state index contributed by atoms with van der Waals surface area (Å²) < 4.78 is 17.7. The number of carbonyl (C=O) groups is 1. The fourth-order valence-electron chi connectivity index (χ4n) is 3.68. The van der Waals surface area contributed by atoms with E-state index in [0.29, 0.717) is 24.7 Å². The number of rotatable bonds is 5. The van der Waals surface area contributed by atoms with Gasteiger partial charge in [-0.3, -0.25) is 4.79 Å². The van der Waals surface area contributed by atoms with E-state index in [9.17, 15) is 4.79 Å². The Labute approximate surface area is 165 Å². The number of amides is 1. The minimum Gasteiger partial charge on any atom is -0.483 e. The van der Waals surface area contributed by atoms with Gasteiger partial charge in [0.15, 0.2) is 18.1 Å². The molecule has 0 spiro atoms. The topological polar surface area (TPSA) is 60.9 Å². The first-order chi connectivity index (χ1) is 13.4. The van der Waals surface area contributed by atoms with E-state index in [1.54, 1.807) is 11.1 Å². The van der Waals surface area contributed by atoms with Gasteiger partial charge in [0.2, 0.25) is 5.88 Å². The number of nitrogens with zero attached hydrogens (tertiary/aromatic N) is 2. The van der Waals surface area contributed by atoms with Crippen molar-refractivity contribution < 1.29 is 19.0 Å². The first-order valence-electron chi connectivity index (χ1n) is 9.70. The highest BCUT2D eigenvalue weighted by molar-refractivity contribution is 5.78. The lowest BCUT2D eigenvalue weighted by atomic mass is 10.0. The highest BCUT2D eigenvalue weighted by atomic mass is 16.5. The predicted octanol–water partition coefficient (Wildman–Crippen LogP) is 3.16. The maximum atomic E-state index is 12.6. The highest BCUT2D eigenvalue weighted by Gasteiger charge is 2.33. The Bertz CT molecular complexity index is 863. The van der Waals surface area contributed by atoms with Crippen molar-refractivity contribution in [2.24, 2.45) is 0 Å². The molecule has 1 aromatic heterocycles. The molecule has 1 amide bonds. The molecular formula is C22H26N2O4. The van der Waals surface area contributed by atoms with Crippen molar-refractivity contribution in [2.75, 3.05) is 19.7 Å². The first kappa shape index (κ1) is 18.6. The normalized spacial score (nSPS) is 19.8. The molecule has 0 radical (unpaired) electrons. The molecular weight excluding hydrogens is 356 g/mol. The molecule has 0 N–H and O–H groups in total. The van der Waals surface area contributed by atoms with Crippen LogP contribution in [0, 0.1) is 6.92 Å². The van der Waals surface area contributed by atoms with Gasteiger partial charge in [0.1, 0.15) is 11.7 Å². The molecule has 3 heterocycles. The second-order valence-electron chi connectivity index (χ2n) is 8.11. The van der Waals surface area contributed by atoms with E-state index in [0.717, 1.165) is 29.7 Å². The molecule has 28 heavy (non-hydrogen) atoms. The molecule has 6 heteroatoms. The van der Waals surface area contributed by atoms with Crippen LogP contribution >= 0.6 is 0 Å². The van der Waals surface area contributed by atoms with Gasteiger partial charge < -0.3 is 19.1 Å². The predicted molar refractivity (Wildman–Crippen MR) is 105 cm³/mol. The molecule has 2 aromatic rings. The number of hydrogen-bond donors (Lipinski definition) is 0. The van der Waals surface area contributed by atoms with Gasteiger partial charge in [-0.15, -0.1) is 0 Å². The lowest BCUT2D eigenvalue weighted by molar-refractivity contribution is -0.132. The van der Waals surface area contributed by atoms with Crippen LogP contribution in [0.4, 0.5) is 0 Å². The van der Waals surface area contributed by atoms with Crippen LogP contribution < -0.4 is 14.2 Å². The van der Waals surface area contributed by atoms with Gasteiger partial charge in [0.25, 0.3) is 5.91 Å². The number of para-hydroxylation sites is 1. The summed E-state index contributed by atoms with van der Waals surface area (Å²) in [5.74, 6) is 1.94. The third-order valence-corrected chi connectivity index (χ3v) is 5.08. The Morgan fingerprint density at radius 3 is 2.96 bits per heavy atom. The molecule has 1 atom stereocenters. The summed E-state index contributed by atoms with van der Waals surface area (Å²) in [5.41, 5.74) is 1.97. The molecule has 0 saturated carbocycles. The van der Waals surface area contributed by atoms with Crippen molar-refractivity contribution in [3.05, 3.63) is 47.7 Å². The van der Waals surface area contributed by atoms with Gasteiger partial charge in [-0.1, -0.05) is 18.2 Å². The van der Waals surface area contributed by atoms with Crippen LogP contribution in [0.25, 0.3) is 0 Å². The first-order valence-corrected chi connectivity index (χ1v) is 9.70. The van der Waals surface area contributed by atoms with Gasteiger partial charge in [-0.2, -0.15) is 0 Å². The molecule has 2 aliphatic heterocycles. The Morgan fingerprint density at radius 1 is 1.32 bits per heavy atom. The molecule has 6 nitrogen and oxygen atoms in total. The summed E-state index contributed by atoms with van der Waals surface area (Å²) in [6.45, 7) is 7.30. The Balaban J connectivity index is 1.31. The average Bonchev–Trinajstić information content (AvgIpc) is 3.24. The lowest BCUT2D eigenvalue weighted by Crippen LogP contribution is -2.34. The molecule has 1 fully saturated rings. The zero-order valence-corrected chi connectivity index (χ0v) is 16.6. The lowest BCUT2D eigenvalue weighted by Gasteiger charge is -2.19. The second-order valence-corrected chi connectivity index (χ2v) is 8.11. The quantitative estimate of drug-likeness (QED) is 0.795. The van der Waals surface area contributed by atoms with Crippen LogP contribution in [0.2, 0.25) is 0 Å². The number of ether oxygens (including phenoxy) is 3. The number of aromatic nitrogens is 1. The minimum absolute atomic E-state index is 0.00422. The van der Waals surface area contributed by atoms with Crippen LogP contribution in [0.15, 0.2) is 36.5 Å². The number of carbonyl (C=O) groups excluding carboxylic acids is 1. The Hall–Kier alpha value is -2.76. The zero-order valence-electron chi connectivity index (χ0n) is 16.6. The SMILES string of the molecule is Cc1ccc(OC2CCN(C(=O)COc3cccc4c3OC(C)(C)C4)C2)nc1. The van der Waals surface area contributed by atoms with E-state index >= 15 is 0 Å². The minimum atomic E-state index is -0.241. The van der Waals surface area contributed by atoms with Crippen LogP contribution in [0.3, 0.4) is 0 Å². The third kappa shape index (κ3) is 4.06. The third-order valence-electron chi connectivity index (χ3n) is 5.08. The fourth-order valence-corrected chi connectivity index (χ4v) is 3.68. The van der Waals surface area contributed by atoms with E-state index in [1.165, 1.54) is 0 Å². The Morgan fingerprint density at radius 2 is 2.18 bits per heavy atom.